The third-order valence-corrected chi connectivity index (χ3v) is 11.8. The van der Waals surface area contributed by atoms with Crippen molar-refractivity contribution in [2.75, 3.05) is 18.2 Å². The summed E-state index contributed by atoms with van der Waals surface area (Å²) in [6.07, 6.45) is 1.93. The summed E-state index contributed by atoms with van der Waals surface area (Å²) in [5, 5.41) is 11.2. The summed E-state index contributed by atoms with van der Waals surface area (Å²) < 4.78 is 50.0. The highest BCUT2D eigenvalue weighted by Gasteiger charge is 2.78. The lowest BCUT2D eigenvalue weighted by atomic mass is 9.44. The number of ether oxygens (including phenoxy) is 2. The van der Waals surface area contributed by atoms with Crippen LogP contribution < -0.4 is 0 Å². The van der Waals surface area contributed by atoms with E-state index in [0.29, 0.717) is 12.3 Å². The van der Waals surface area contributed by atoms with E-state index in [0.717, 1.165) is 17.8 Å². The van der Waals surface area contributed by atoms with E-state index in [-0.39, 0.29) is 49.4 Å². The average Bonchev–Trinajstić information content (AvgIpc) is 3.63. The molecule has 46 heavy (non-hydrogen) atoms. The first-order valence-electron chi connectivity index (χ1n) is 15.3. The van der Waals surface area contributed by atoms with Gasteiger partial charge < -0.3 is 19.0 Å². The molecule has 12 heteroatoms. The molecule has 0 aromatic carbocycles. The molecule has 8 nitrogen and oxygen atoms in total. The average molecular weight is 679 g/mol. The lowest BCUT2D eigenvalue weighted by Gasteiger charge is -2.63. The maximum absolute atomic E-state index is 17.7. The monoisotopic (exact) mass is 678 g/mol. The summed E-state index contributed by atoms with van der Waals surface area (Å²) in [6.45, 7) is 4.77. The van der Waals surface area contributed by atoms with E-state index in [4.69, 9.17) is 25.5 Å². The maximum Gasteiger partial charge on any atom is 0.375 e. The van der Waals surface area contributed by atoms with Gasteiger partial charge in [-0.05, 0) is 68.4 Å². The summed E-state index contributed by atoms with van der Waals surface area (Å²) in [4.78, 5) is 51.6. The fourth-order valence-electron chi connectivity index (χ4n) is 8.52. The zero-order valence-electron chi connectivity index (χ0n) is 25.9. The van der Waals surface area contributed by atoms with Crippen LogP contribution in [0.15, 0.2) is 46.6 Å². The molecule has 3 fully saturated rings. The van der Waals surface area contributed by atoms with Crippen LogP contribution >= 0.6 is 23.4 Å². The van der Waals surface area contributed by atoms with Crippen LogP contribution in [0.25, 0.3) is 0 Å². The van der Waals surface area contributed by atoms with Crippen molar-refractivity contribution >= 4 is 46.2 Å². The fourth-order valence-corrected chi connectivity index (χ4v) is 9.65. The lowest BCUT2D eigenvalue weighted by Crippen LogP contribution is -2.70. The van der Waals surface area contributed by atoms with Crippen molar-refractivity contribution in [3.8, 4) is 11.8 Å². The molecule has 1 heterocycles. The summed E-state index contributed by atoms with van der Waals surface area (Å²) in [5.41, 5.74) is -7.11. The zero-order chi connectivity index (χ0) is 33.5. The largest absolute Gasteiger partial charge is 0.457 e. The number of allylic oxidation sites excluding steroid dienone is 4. The Labute approximate surface area is 275 Å². The Hall–Kier alpha value is -2.94. The van der Waals surface area contributed by atoms with Crippen molar-refractivity contribution < 1.29 is 47.0 Å². The van der Waals surface area contributed by atoms with E-state index < -0.39 is 75.0 Å². The number of carbonyl (C=O) groups is 4. The smallest absolute Gasteiger partial charge is 0.375 e. The molecule has 0 amide bonds. The van der Waals surface area contributed by atoms with Crippen molar-refractivity contribution in [2.24, 2.45) is 28.6 Å². The Balaban J connectivity index is 1.47. The summed E-state index contributed by atoms with van der Waals surface area (Å²) in [5.74, 6) is 1.48. The molecule has 0 aliphatic heterocycles. The third-order valence-electron chi connectivity index (χ3n) is 10.7. The van der Waals surface area contributed by atoms with Crippen molar-refractivity contribution in [2.45, 2.75) is 76.4 Å². The molecule has 0 saturated heterocycles. The molecule has 5 rings (SSSR count). The molecule has 4 aliphatic carbocycles. The van der Waals surface area contributed by atoms with Crippen LogP contribution in [0.4, 0.5) is 8.78 Å². The van der Waals surface area contributed by atoms with E-state index in [1.54, 1.807) is 13.8 Å². The summed E-state index contributed by atoms with van der Waals surface area (Å²) in [6, 6.07) is 2.90. The van der Waals surface area contributed by atoms with E-state index in [2.05, 4.69) is 11.8 Å². The highest BCUT2D eigenvalue weighted by Crippen LogP contribution is 2.72. The number of rotatable bonds is 8. The number of hydrogen-bond acceptors (Lipinski definition) is 9. The number of hydrogen-bond donors (Lipinski definition) is 1. The Kier molecular flexibility index (Phi) is 9.67. The number of furan rings is 1. The Morgan fingerprint density at radius 3 is 2.67 bits per heavy atom. The van der Waals surface area contributed by atoms with Crippen molar-refractivity contribution in [1.29, 1.82) is 0 Å². The van der Waals surface area contributed by atoms with Gasteiger partial charge in [0.25, 0.3) is 0 Å². The van der Waals surface area contributed by atoms with Gasteiger partial charge in [-0.2, -0.15) is 0 Å². The van der Waals surface area contributed by atoms with Gasteiger partial charge in [0.15, 0.2) is 23.7 Å². The van der Waals surface area contributed by atoms with Crippen LogP contribution in [0.3, 0.4) is 0 Å². The second-order valence-electron chi connectivity index (χ2n) is 13.0. The van der Waals surface area contributed by atoms with Gasteiger partial charge in [-0.3, -0.25) is 14.4 Å². The standard InChI is InChI=1S/C34H37ClF2O8S/c1-20-16-22-23-18-25(36)24-17-21(38)10-11-31(24,2)33(23,37)27(39)19-32(22,3)34(20,45-29(41)26-8-7-14-43-26)30(42)46-15-5-4-13-44-28(40)9-6-12-35/h7-8,10-11,14,17,20,22-23,25,27,39H,6,9,12-13,15-16,18-19H2,1-3H3/t20-,22+,23+,25+,27+,31+,32+,33+,34+/m1/s1. The van der Waals surface area contributed by atoms with E-state index in [9.17, 15) is 24.3 Å². The van der Waals surface area contributed by atoms with E-state index >= 15 is 8.78 Å². The molecule has 248 valence electrons. The van der Waals surface area contributed by atoms with Crippen LogP contribution in [0.5, 0.6) is 0 Å². The van der Waals surface area contributed by atoms with Gasteiger partial charge in [0.2, 0.25) is 10.9 Å². The summed E-state index contributed by atoms with van der Waals surface area (Å²) in [7, 11) is 0. The molecular weight excluding hydrogens is 642 g/mol. The van der Waals surface area contributed by atoms with Crippen LogP contribution in [0.1, 0.15) is 63.4 Å². The van der Waals surface area contributed by atoms with Crippen LogP contribution in [-0.2, 0) is 23.9 Å². The molecule has 4 aliphatic rings. The minimum Gasteiger partial charge on any atom is -0.457 e. The molecule has 0 radical (unpaired) electrons. The first kappa shape index (κ1) is 34.4. The highest BCUT2D eigenvalue weighted by molar-refractivity contribution is 8.14. The number of carbonyl (C=O) groups excluding carboxylic acids is 4. The number of esters is 2. The quantitative estimate of drug-likeness (QED) is 0.214. The predicted octanol–water partition coefficient (Wildman–Crippen LogP) is 5.57. The van der Waals surface area contributed by atoms with Gasteiger partial charge in [0.1, 0.15) is 6.17 Å². The van der Waals surface area contributed by atoms with Gasteiger partial charge in [-0.15, -0.1) is 11.6 Å². The maximum atomic E-state index is 17.7. The van der Waals surface area contributed by atoms with Gasteiger partial charge in [-0.25, -0.2) is 13.6 Å². The third kappa shape index (κ3) is 5.34. The van der Waals surface area contributed by atoms with Crippen molar-refractivity contribution in [3.05, 3.63) is 48.0 Å². The first-order valence-corrected chi connectivity index (χ1v) is 16.9. The zero-order valence-corrected chi connectivity index (χ0v) is 27.4. The number of aliphatic hydroxyl groups is 1. The topological polar surface area (TPSA) is 120 Å². The molecule has 1 aromatic heterocycles. The Bertz CT molecular complexity index is 1520. The van der Waals surface area contributed by atoms with Crippen molar-refractivity contribution in [3.63, 3.8) is 0 Å². The minimum absolute atomic E-state index is 0.00195. The predicted molar refractivity (Wildman–Crippen MR) is 166 cm³/mol. The second kappa shape index (κ2) is 12.9. The molecule has 1 N–H and O–H groups in total. The summed E-state index contributed by atoms with van der Waals surface area (Å²) >= 11 is 6.39. The number of thioether (sulfide) groups is 1. The van der Waals surface area contributed by atoms with Gasteiger partial charge in [0, 0.05) is 35.0 Å². The number of alkyl halides is 3. The molecule has 3 saturated carbocycles. The minimum atomic E-state index is -2.35. The van der Waals surface area contributed by atoms with Crippen LogP contribution in [-0.4, -0.2) is 69.7 Å². The van der Waals surface area contributed by atoms with Gasteiger partial charge >= 0.3 is 11.9 Å². The van der Waals surface area contributed by atoms with Crippen LogP contribution in [0, 0.1) is 40.4 Å². The number of aliphatic hydroxyl groups excluding tert-OH is 1. The second-order valence-corrected chi connectivity index (χ2v) is 14.3. The van der Waals surface area contributed by atoms with Gasteiger partial charge in [0.05, 0.1) is 18.1 Å². The first-order chi connectivity index (χ1) is 21.8. The van der Waals surface area contributed by atoms with Crippen molar-refractivity contribution in [1.82, 2.24) is 0 Å². The fraction of sp³-hybridized carbons (Fsp3) is 0.588. The number of ketones is 1. The molecule has 0 spiro atoms. The normalized spacial score (nSPS) is 37.6. The lowest BCUT2D eigenvalue weighted by molar-refractivity contribution is -0.221. The van der Waals surface area contributed by atoms with Crippen LogP contribution in [0.2, 0.25) is 0 Å². The van der Waals surface area contributed by atoms with Gasteiger partial charge in [-0.1, -0.05) is 43.5 Å². The SMILES string of the molecule is C[C@@H]1C[C@H]2[C@@H]3C[C@H](F)C4=CC(=O)C=C[C@]4(C)[C@@]3(F)[C@@H](O)C[C@]2(C)[C@@]1(OC(=O)c1ccco1)C(=O)SCC#CCOC(=O)CCCCl. The Morgan fingerprint density at radius 1 is 1.22 bits per heavy atom. The Morgan fingerprint density at radius 2 is 1.98 bits per heavy atom. The van der Waals surface area contributed by atoms with E-state index in [1.165, 1.54) is 37.5 Å². The molecular formula is C34H37ClF2O8S. The van der Waals surface area contributed by atoms with E-state index in [1.807, 2.05) is 0 Å². The molecule has 9 atom stereocenters. The highest BCUT2D eigenvalue weighted by atomic mass is 35.5. The molecule has 1 aromatic rings. The number of fused-ring (bicyclic) bond motifs is 5. The number of halogens is 3. The molecule has 0 unspecified atom stereocenters. The molecule has 0 bridgehead atoms.